The molecule has 5 heteroatoms. The van der Waals surface area contributed by atoms with Crippen LogP contribution in [0.25, 0.3) is 0 Å². The van der Waals surface area contributed by atoms with Gasteiger partial charge in [0.1, 0.15) is 5.69 Å². The summed E-state index contributed by atoms with van der Waals surface area (Å²) in [5, 5.41) is 16.5. The van der Waals surface area contributed by atoms with Crippen LogP contribution in [0, 0.1) is 6.92 Å². The summed E-state index contributed by atoms with van der Waals surface area (Å²) in [6.07, 6.45) is 1.76. The molecule has 1 N–H and O–H groups in total. The molecule has 2 rings (SSSR count). The Morgan fingerprint density at radius 1 is 1.50 bits per heavy atom. The number of hydrogen-bond acceptors (Lipinski definition) is 4. The van der Waals surface area contributed by atoms with Crippen molar-refractivity contribution in [2.75, 3.05) is 0 Å². The van der Waals surface area contributed by atoms with Crippen LogP contribution in [-0.4, -0.2) is 20.1 Å². The quantitative estimate of drug-likeness (QED) is 0.826. The molecule has 0 unspecified atom stereocenters. The van der Waals surface area contributed by atoms with E-state index in [1.54, 1.807) is 22.2 Å². The van der Waals surface area contributed by atoms with Gasteiger partial charge in [-0.05, 0) is 19.1 Å². The molecule has 4 nitrogen and oxygen atoms in total. The second kappa shape index (κ2) is 3.89. The lowest BCUT2D eigenvalue weighted by atomic mass is 10.4. The Hall–Kier alpha value is -1.20. The van der Waals surface area contributed by atoms with Crippen molar-refractivity contribution in [3.8, 4) is 0 Å². The van der Waals surface area contributed by atoms with Gasteiger partial charge in [0.2, 0.25) is 0 Å². The van der Waals surface area contributed by atoms with Crippen LogP contribution < -0.4 is 0 Å². The summed E-state index contributed by atoms with van der Waals surface area (Å²) in [4.78, 5) is 2.54. The number of aromatic nitrogens is 3. The molecule has 0 aliphatic heterocycles. The maximum absolute atomic E-state index is 8.81. The number of nitrogens with zero attached hydrogens (tertiary/aromatic N) is 3. The predicted molar refractivity (Wildman–Crippen MR) is 54.1 cm³/mol. The first kappa shape index (κ1) is 9.36. The molecule has 0 aliphatic rings. The van der Waals surface area contributed by atoms with Crippen LogP contribution in [0.3, 0.4) is 0 Å². The van der Waals surface area contributed by atoms with Crippen LogP contribution in [0.4, 0.5) is 0 Å². The minimum atomic E-state index is -0.0521. The molecular formula is C9H11N3OS. The topological polar surface area (TPSA) is 50.9 Å². The summed E-state index contributed by atoms with van der Waals surface area (Å²) < 4.78 is 1.73. The highest BCUT2D eigenvalue weighted by molar-refractivity contribution is 7.11. The number of aliphatic hydroxyl groups excluding tert-OH is 1. The fraction of sp³-hybridized carbons (Fsp3) is 0.333. The molecule has 14 heavy (non-hydrogen) atoms. The van der Waals surface area contributed by atoms with E-state index in [0.29, 0.717) is 5.69 Å². The zero-order chi connectivity index (χ0) is 9.97. The van der Waals surface area contributed by atoms with Gasteiger partial charge >= 0.3 is 0 Å². The highest BCUT2D eigenvalue weighted by Crippen LogP contribution is 2.15. The van der Waals surface area contributed by atoms with Crippen LogP contribution in [0.5, 0.6) is 0 Å². The van der Waals surface area contributed by atoms with E-state index in [4.69, 9.17) is 5.11 Å². The fourth-order valence-electron chi connectivity index (χ4n) is 1.22. The summed E-state index contributed by atoms with van der Waals surface area (Å²) in [6.45, 7) is 2.75. The number of aliphatic hydroxyl groups is 1. The first-order valence-electron chi connectivity index (χ1n) is 4.33. The van der Waals surface area contributed by atoms with Gasteiger partial charge in [-0.25, -0.2) is 4.68 Å². The molecule has 0 bridgehead atoms. The first-order chi connectivity index (χ1) is 6.78. The van der Waals surface area contributed by atoms with Gasteiger partial charge in [-0.1, -0.05) is 5.21 Å². The van der Waals surface area contributed by atoms with Gasteiger partial charge in [0.15, 0.2) is 0 Å². The molecule has 74 valence electrons. The van der Waals surface area contributed by atoms with Crippen molar-refractivity contribution < 1.29 is 5.11 Å². The second-order valence-corrected chi connectivity index (χ2v) is 4.45. The number of rotatable bonds is 3. The van der Waals surface area contributed by atoms with E-state index in [2.05, 4.69) is 29.4 Å². The molecule has 0 atom stereocenters. The maximum Gasteiger partial charge on any atom is 0.108 e. The van der Waals surface area contributed by atoms with Gasteiger partial charge in [-0.15, -0.1) is 16.4 Å². The molecule has 0 fully saturated rings. The van der Waals surface area contributed by atoms with Gasteiger partial charge in [0, 0.05) is 9.75 Å². The molecular weight excluding hydrogens is 198 g/mol. The lowest BCUT2D eigenvalue weighted by Crippen LogP contribution is -1.98. The zero-order valence-corrected chi connectivity index (χ0v) is 8.66. The molecule has 0 spiro atoms. The molecule has 0 saturated carbocycles. The van der Waals surface area contributed by atoms with Crippen molar-refractivity contribution in [2.45, 2.75) is 20.1 Å². The Labute approximate surface area is 85.8 Å². The predicted octanol–water partition coefficient (Wildman–Crippen LogP) is 1.19. The summed E-state index contributed by atoms with van der Waals surface area (Å²) in [7, 11) is 0. The van der Waals surface area contributed by atoms with E-state index in [9.17, 15) is 0 Å². The van der Waals surface area contributed by atoms with Gasteiger partial charge in [-0.2, -0.15) is 0 Å². The summed E-state index contributed by atoms with van der Waals surface area (Å²) >= 11 is 1.75. The highest BCUT2D eigenvalue weighted by Gasteiger charge is 2.01. The van der Waals surface area contributed by atoms with E-state index in [-0.39, 0.29) is 6.61 Å². The SMILES string of the molecule is Cc1ccc(Cn2cc(CO)nn2)s1. The Morgan fingerprint density at radius 3 is 2.93 bits per heavy atom. The van der Waals surface area contributed by atoms with E-state index in [1.807, 2.05) is 0 Å². The normalized spacial score (nSPS) is 10.7. The molecule has 0 aliphatic carbocycles. The van der Waals surface area contributed by atoms with Crippen LogP contribution in [0.2, 0.25) is 0 Å². The van der Waals surface area contributed by atoms with Crippen molar-refractivity contribution >= 4 is 11.3 Å². The van der Waals surface area contributed by atoms with Crippen molar-refractivity contribution in [2.24, 2.45) is 0 Å². The second-order valence-electron chi connectivity index (χ2n) is 3.08. The number of hydrogen-bond donors (Lipinski definition) is 1. The molecule has 2 aromatic heterocycles. The lowest BCUT2D eigenvalue weighted by molar-refractivity contribution is 0.276. The van der Waals surface area contributed by atoms with Crippen molar-refractivity contribution in [3.63, 3.8) is 0 Å². The lowest BCUT2D eigenvalue weighted by Gasteiger charge is -1.94. The highest BCUT2D eigenvalue weighted by atomic mass is 32.1. The average molecular weight is 209 g/mol. The molecule has 2 heterocycles. The third kappa shape index (κ3) is 2.00. The smallest absolute Gasteiger partial charge is 0.108 e. The van der Waals surface area contributed by atoms with Crippen molar-refractivity contribution in [1.29, 1.82) is 0 Å². The van der Waals surface area contributed by atoms with E-state index in [0.717, 1.165) is 6.54 Å². The summed E-state index contributed by atoms with van der Waals surface area (Å²) in [5.41, 5.74) is 0.610. The molecule has 0 amide bonds. The molecule has 0 radical (unpaired) electrons. The molecule has 0 aromatic carbocycles. The Kier molecular flexibility index (Phi) is 2.60. The summed E-state index contributed by atoms with van der Waals surface area (Å²) in [6, 6.07) is 4.17. The van der Waals surface area contributed by atoms with Gasteiger partial charge in [0.05, 0.1) is 19.3 Å². The van der Waals surface area contributed by atoms with E-state index >= 15 is 0 Å². The standard InChI is InChI=1S/C9H11N3OS/c1-7-2-3-9(14-7)5-12-4-8(6-13)10-11-12/h2-4,13H,5-6H2,1H3. The molecule has 2 aromatic rings. The van der Waals surface area contributed by atoms with Crippen LogP contribution in [0.15, 0.2) is 18.3 Å². The van der Waals surface area contributed by atoms with Crippen LogP contribution >= 0.6 is 11.3 Å². The van der Waals surface area contributed by atoms with Crippen molar-refractivity contribution in [1.82, 2.24) is 15.0 Å². The van der Waals surface area contributed by atoms with Crippen LogP contribution in [-0.2, 0) is 13.2 Å². The van der Waals surface area contributed by atoms with E-state index < -0.39 is 0 Å². The maximum atomic E-state index is 8.81. The average Bonchev–Trinajstić information content (AvgIpc) is 2.76. The third-order valence-electron chi connectivity index (χ3n) is 1.86. The Bertz CT molecular complexity index is 421. The zero-order valence-electron chi connectivity index (χ0n) is 7.84. The fourth-order valence-corrected chi connectivity index (χ4v) is 2.10. The summed E-state index contributed by atoms with van der Waals surface area (Å²) in [5.74, 6) is 0. The Morgan fingerprint density at radius 2 is 2.36 bits per heavy atom. The van der Waals surface area contributed by atoms with Gasteiger partial charge < -0.3 is 5.11 Å². The van der Waals surface area contributed by atoms with Crippen molar-refractivity contribution in [3.05, 3.63) is 33.8 Å². The van der Waals surface area contributed by atoms with Gasteiger partial charge in [0.25, 0.3) is 0 Å². The van der Waals surface area contributed by atoms with E-state index in [1.165, 1.54) is 9.75 Å². The largest absolute Gasteiger partial charge is 0.390 e. The third-order valence-corrected chi connectivity index (χ3v) is 2.85. The van der Waals surface area contributed by atoms with Crippen LogP contribution in [0.1, 0.15) is 15.4 Å². The van der Waals surface area contributed by atoms with Gasteiger partial charge in [-0.3, -0.25) is 0 Å². The first-order valence-corrected chi connectivity index (χ1v) is 5.15. The minimum Gasteiger partial charge on any atom is -0.390 e. The number of thiophene rings is 1. The number of aryl methyl sites for hydroxylation is 1. The minimum absolute atomic E-state index is 0.0521. The monoisotopic (exact) mass is 209 g/mol. The molecule has 0 saturated heterocycles. The Balaban J connectivity index is 2.10.